The number of methoxy groups -OCH3 is 1. The van der Waals surface area contributed by atoms with Crippen molar-refractivity contribution in [1.29, 1.82) is 0 Å². The van der Waals surface area contributed by atoms with E-state index >= 15 is 0 Å². The molecule has 0 bridgehead atoms. The van der Waals surface area contributed by atoms with E-state index in [1.165, 1.54) is 28.4 Å². The van der Waals surface area contributed by atoms with Gasteiger partial charge >= 0.3 is 5.97 Å². The molecule has 0 saturated heterocycles. The maximum absolute atomic E-state index is 11.9. The van der Waals surface area contributed by atoms with Gasteiger partial charge in [0.15, 0.2) is 0 Å². The molecule has 0 N–H and O–H groups in total. The van der Waals surface area contributed by atoms with Gasteiger partial charge in [0.05, 0.1) is 26.3 Å². The normalized spacial score (nSPS) is 12.8. The van der Waals surface area contributed by atoms with Crippen LogP contribution in [0.4, 0.5) is 0 Å². The molecule has 2 aromatic carbocycles. The number of carbonyl (C=O) groups excluding carboxylic acids is 1. The predicted molar refractivity (Wildman–Crippen MR) is 128 cm³/mol. The van der Waals surface area contributed by atoms with E-state index in [1.807, 2.05) is 24.4 Å². The molecule has 0 aliphatic rings. The third-order valence-electron chi connectivity index (χ3n) is 5.17. The first kappa shape index (κ1) is 21.2. The van der Waals surface area contributed by atoms with Crippen LogP contribution in [-0.2, 0) is 4.74 Å². The molecule has 150 valence electrons. The van der Waals surface area contributed by atoms with Crippen molar-refractivity contribution in [3.8, 4) is 0 Å². The van der Waals surface area contributed by atoms with Gasteiger partial charge in [0.2, 0.25) is 0 Å². The summed E-state index contributed by atoms with van der Waals surface area (Å²) in [4.78, 5) is 16.6. The number of para-hydroxylation sites is 1. The second-order valence-corrected chi connectivity index (χ2v) is 18.3. The molecule has 0 aliphatic carbocycles. The Balaban J connectivity index is 2.19. The van der Waals surface area contributed by atoms with E-state index < -0.39 is 16.1 Å². The van der Waals surface area contributed by atoms with Crippen molar-refractivity contribution < 1.29 is 9.53 Å². The molecule has 3 nitrogen and oxygen atoms in total. The van der Waals surface area contributed by atoms with E-state index in [1.54, 1.807) is 0 Å². The molecule has 1 heterocycles. The zero-order chi connectivity index (χ0) is 21.2. The SMILES string of the molecule is COC(=O)c1ccc(/C(=C\[Si](C)(C)C)[Si](C)(C)c2cccc3cccnc23)cc1. The van der Waals surface area contributed by atoms with Crippen LogP contribution in [0.1, 0.15) is 15.9 Å². The summed E-state index contributed by atoms with van der Waals surface area (Å²) in [6, 6.07) is 18.5. The van der Waals surface area contributed by atoms with Crippen LogP contribution in [0.5, 0.6) is 0 Å². The summed E-state index contributed by atoms with van der Waals surface area (Å²) in [6.07, 6.45) is 1.88. The largest absolute Gasteiger partial charge is 0.465 e. The molecular formula is C24H29NO2Si2. The van der Waals surface area contributed by atoms with Crippen LogP contribution in [0.3, 0.4) is 0 Å². The van der Waals surface area contributed by atoms with Gasteiger partial charge in [-0.15, -0.1) is 0 Å². The molecule has 3 aromatic rings. The standard InChI is InChI=1S/C24H29NO2Si2/c1-27-24(26)20-14-12-18(13-15-20)22(17-28(2,3)4)29(5,6)21-11-7-9-19-10-8-16-25-23(19)21/h7-17H,1-6H3/b22-17+. The number of hydrogen-bond acceptors (Lipinski definition) is 3. The lowest BCUT2D eigenvalue weighted by atomic mass is 10.1. The summed E-state index contributed by atoms with van der Waals surface area (Å²) in [7, 11) is -2.14. The molecule has 5 heteroatoms. The van der Waals surface area contributed by atoms with Crippen LogP contribution in [-0.4, -0.2) is 34.2 Å². The Bertz CT molecular complexity index is 1060. The van der Waals surface area contributed by atoms with Crippen molar-refractivity contribution in [3.63, 3.8) is 0 Å². The number of ether oxygens (including phenoxy) is 1. The Morgan fingerprint density at radius 2 is 1.52 bits per heavy atom. The molecule has 0 amide bonds. The Morgan fingerprint density at radius 1 is 0.897 bits per heavy atom. The lowest BCUT2D eigenvalue weighted by molar-refractivity contribution is 0.0600. The molecule has 1 aromatic heterocycles. The number of rotatable bonds is 5. The first-order valence-corrected chi connectivity index (χ1v) is 16.5. The molecule has 29 heavy (non-hydrogen) atoms. The number of fused-ring (bicyclic) bond motifs is 1. The minimum absolute atomic E-state index is 0.304. The predicted octanol–water partition coefficient (Wildman–Crippen LogP) is 5.44. The summed E-state index contributed by atoms with van der Waals surface area (Å²) in [6.45, 7) is 11.9. The molecular weight excluding hydrogens is 390 g/mol. The summed E-state index contributed by atoms with van der Waals surface area (Å²) in [5.41, 5.74) is 5.38. The van der Waals surface area contributed by atoms with Gasteiger partial charge in [0.1, 0.15) is 8.07 Å². The summed E-state index contributed by atoms with van der Waals surface area (Å²) in [5.74, 6) is -0.304. The van der Waals surface area contributed by atoms with Crippen molar-refractivity contribution in [2.75, 3.05) is 7.11 Å². The van der Waals surface area contributed by atoms with Crippen LogP contribution in [0.2, 0.25) is 32.7 Å². The number of aromatic nitrogens is 1. The van der Waals surface area contributed by atoms with E-state index in [-0.39, 0.29) is 5.97 Å². The van der Waals surface area contributed by atoms with Gasteiger partial charge in [-0.25, -0.2) is 4.79 Å². The number of esters is 1. The zero-order valence-corrected chi connectivity index (χ0v) is 20.1. The topological polar surface area (TPSA) is 39.2 Å². The van der Waals surface area contributed by atoms with Gasteiger partial charge in [-0.3, -0.25) is 4.98 Å². The summed E-state index contributed by atoms with van der Waals surface area (Å²) in [5, 5.41) is 3.93. The number of pyridine rings is 1. The quantitative estimate of drug-likeness (QED) is 0.408. The number of benzene rings is 2. The van der Waals surface area contributed by atoms with Crippen molar-refractivity contribution in [2.45, 2.75) is 32.7 Å². The Hall–Kier alpha value is -2.51. The molecule has 0 radical (unpaired) electrons. The maximum Gasteiger partial charge on any atom is 0.337 e. The second kappa shape index (κ2) is 8.09. The lowest BCUT2D eigenvalue weighted by Crippen LogP contribution is -2.44. The Morgan fingerprint density at radius 3 is 2.14 bits per heavy atom. The fourth-order valence-corrected chi connectivity index (χ4v) is 9.98. The minimum atomic E-state index is -2.06. The van der Waals surface area contributed by atoms with E-state index in [0.717, 1.165) is 5.52 Å². The summed E-state index contributed by atoms with van der Waals surface area (Å²) < 4.78 is 4.86. The summed E-state index contributed by atoms with van der Waals surface area (Å²) >= 11 is 0. The highest BCUT2D eigenvalue weighted by atomic mass is 28.3. The van der Waals surface area contributed by atoms with Gasteiger partial charge in [0, 0.05) is 11.6 Å². The van der Waals surface area contributed by atoms with Crippen molar-refractivity contribution in [3.05, 3.63) is 77.6 Å². The molecule has 3 rings (SSSR count). The highest BCUT2D eigenvalue weighted by Crippen LogP contribution is 2.30. The monoisotopic (exact) mass is 419 g/mol. The molecule has 0 fully saturated rings. The van der Waals surface area contributed by atoms with Crippen LogP contribution in [0.15, 0.2) is 66.5 Å². The van der Waals surface area contributed by atoms with Gasteiger partial charge in [-0.2, -0.15) is 0 Å². The maximum atomic E-state index is 11.9. The fourth-order valence-electron chi connectivity index (χ4n) is 3.71. The van der Waals surface area contributed by atoms with Crippen molar-refractivity contribution >= 4 is 43.4 Å². The average Bonchev–Trinajstić information content (AvgIpc) is 2.70. The van der Waals surface area contributed by atoms with Gasteiger partial charge in [0.25, 0.3) is 0 Å². The van der Waals surface area contributed by atoms with Crippen LogP contribution < -0.4 is 5.19 Å². The van der Waals surface area contributed by atoms with E-state index in [2.05, 4.69) is 74.8 Å². The highest BCUT2D eigenvalue weighted by Gasteiger charge is 2.33. The van der Waals surface area contributed by atoms with E-state index in [4.69, 9.17) is 9.72 Å². The fraction of sp³-hybridized carbons (Fsp3) is 0.250. The zero-order valence-electron chi connectivity index (χ0n) is 18.1. The van der Waals surface area contributed by atoms with Gasteiger partial charge < -0.3 is 4.74 Å². The third kappa shape index (κ3) is 4.57. The molecule has 0 aliphatic heterocycles. The Labute approximate surface area is 175 Å². The van der Waals surface area contributed by atoms with E-state index in [0.29, 0.717) is 5.56 Å². The second-order valence-electron chi connectivity index (χ2n) is 9.00. The van der Waals surface area contributed by atoms with Gasteiger partial charge in [-0.1, -0.05) is 80.0 Å². The third-order valence-corrected chi connectivity index (χ3v) is 10.1. The molecule has 0 spiro atoms. The van der Waals surface area contributed by atoms with E-state index in [9.17, 15) is 4.79 Å². The van der Waals surface area contributed by atoms with Crippen LogP contribution in [0.25, 0.3) is 16.1 Å². The number of carbonyl (C=O) groups is 1. The molecule has 0 unspecified atom stereocenters. The van der Waals surface area contributed by atoms with Crippen molar-refractivity contribution in [1.82, 2.24) is 4.98 Å². The minimum Gasteiger partial charge on any atom is -0.465 e. The smallest absolute Gasteiger partial charge is 0.337 e. The number of hydrogen-bond donors (Lipinski definition) is 0. The molecule has 0 saturated carbocycles. The van der Waals surface area contributed by atoms with Crippen molar-refractivity contribution in [2.24, 2.45) is 0 Å². The molecule has 0 atom stereocenters. The first-order chi connectivity index (χ1) is 13.6. The average molecular weight is 420 g/mol. The Kier molecular flexibility index (Phi) is 5.91. The number of nitrogens with zero attached hydrogens (tertiary/aromatic N) is 1. The van der Waals surface area contributed by atoms with Crippen LogP contribution in [0, 0.1) is 0 Å². The highest BCUT2D eigenvalue weighted by molar-refractivity contribution is 7.07. The van der Waals surface area contributed by atoms with Gasteiger partial charge in [-0.05, 0) is 28.9 Å². The van der Waals surface area contributed by atoms with Crippen LogP contribution >= 0.6 is 0 Å². The lowest BCUT2D eigenvalue weighted by Gasteiger charge is -2.30. The first-order valence-electron chi connectivity index (χ1n) is 9.90.